The maximum Gasteiger partial charge on any atom is 0.356 e. The highest BCUT2D eigenvalue weighted by molar-refractivity contribution is 5.92. The predicted octanol–water partition coefficient (Wildman–Crippen LogP) is 5.23. The molecule has 0 fully saturated rings. The Bertz CT molecular complexity index is 1680. The summed E-state index contributed by atoms with van der Waals surface area (Å²) < 4.78 is 8.12. The van der Waals surface area contributed by atoms with Crippen molar-refractivity contribution >= 4 is 33.5 Å². The molecule has 0 bridgehead atoms. The Kier molecular flexibility index (Phi) is 5.36. The van der Waals surface area contributed by atoms with E-state index < -0.39 is 5.97 Å². The Morgan fingerprint density at radius 2 is 1.97 bits per heavy atom. The minimum Gasteiger partial charge on any atom is -0.476 e. The number of hydrogen-bond acceptors (Lipinski definition) is 6. The van der Waals surface area contributed by atoms with Gasteiger partial charge < -0.3 is 14.8 Å². The second kappa shape index (κ2) is 8.39. The summed E-state index contributed by atoms with van der Waals surface area (Å²) >= 11 is 0. The number of fused-ring (bicyclic) bond motifs is 2. The number of carbonyl (C=O) groups is 1. The van der Waals surface area contributed by atoms with E-state index in [1.165, 1.54) is 12.3 Å². The average Bonchev–Trinajstić information content (AvgIpc) is 3.20. The zero-order valence-corrected chi connectivity index (χ0v) is 19.8. The summed E-state index contributed by atoms with van der Waals surface area (Å²) in [6.45, 7) is 5.79. The molecule has 2 N–H and O–H groups in total. The molecule has 0 saturated carbocycles. The third-order valence-electron chi connectivity index (χ3n) is 6.05. The van der Waals surface area contributed by atoms with Crippen LogP contribution < -0.4 is 10.7 Å². The third-order valence-corrected chi connectivity index (χ3v) is 6.05. The van der Waals surface area contributed by atoms with Gasteiger partial charge in [-0.25, -0.2) is 9.78 Å². The molecule has 8 heteroatoms. The van der Waals surface area contributed by atoms with Crippen molar-refractivity contribution in [3.8, 4) is 11.3 Å². The molecule has 1 unspecified atom stereocenters. The lowest BCUT2D eigenvalue weighted by molar-refractivity contribution is 0.0691. The van der Waals surface area contributed by atoms with Crippen LogP contribution in [0.15, 0.2) is 64.1 Å². The molecule has 0 aliphatic heterocycles. The Labute approximate surface area is 200 Å². The molecular weight excluding hydrogens is 444 g/mol. The molecule has 35 heavy (non-hydrogen) atoms. The lowest BCUT2D eigenvalue weighted by Gasteiger charge is -2.19. The van der Waals surface area contributed by atoms with Gasteiger partial charge in [-0.2, -0.15) is 5.10 Å². The molecule has 0 saturated heterocycles. The van der Waals surface area contributed by atoms with Crippen LogP contribution in [0.5, 0.6) is 0 Å². The lowest BCUT2D eigenvalue weighted by Crippen LogP contribution is -2.13. The molecule has 0 aliphatic carbocycles. The normalized spacial score (nSPS) is 12.2. The highest BCUT2D eigenvalue weighted by Gasteiger charge is 2.19. The van der Waals surface area contributed by atoms with Gasteiger partial charge in [0.15, 0.2) is 11.1 Å². The molecule has 0 radical (unpaired) electrons. The Morgan fingerprint density at radius 1 is 1.17 bits per heavy atom. The molecular formula is C27H24N4O4. The Hall–Kier alpha value is -4.46. The van der Waals surface area contributed by atoms with Gasteiger partial charge in [0.25, 0.3) is 0 Å². The van der Waals surface area contributed by atoms with E-state index in [9.17, 15) is 14.7 Å². The van der Waals surface area contributed by atoms with Crippen molar-refractivity contribution in [2.75, 3.05) is 5.32 Å². The van der Waals surface area contributed by atoms with E-state index in [0.717, 1.165) is 33.2 Å². The quantitative estimate of drug-likeness (QED) is 0.363. The van der Waals surface area contributed by atoms with Crippen molar-refractivity contribution in [1.29, 1.82) is 0 Å². The second-order valence-corrected chi connectivity index (χ2v) is 8.81. The first-order chi connectivity index (χ1) is 16.7. The summed E-state index contributed by atoms with van der Waals surface area (Å²) in [5, 5.41) is 18.6. The van der Waals surface area contributed by atoms with Crippen molar-refractivity contribution in [2.24, 2.45) is 7.05 Å². The average molecular weight is 469 g/mol. The van der Waals surface area contributed by atoms with E-state index in [1.807, 2.05) is 58.3 Å². The number of anilines is 1. The number of carboxylic acids is 1. The zero-order chi connectivity index (χ0) is 24.9. The first kappa shape index (κ1) is 22.3. The van der Waals surface area contributed by atoms with Crippen LogP contribution in [0, 0.1) is 13.8 Å². The van der Waals surface area contributed by atoms with Crippen LogP contribution >= 0.6 is 0 Å². The van der Waals surface area contributed by atoms with Crippen molar-refractivity contribution in [1.82, 2.24) is 14.8 Å². The largest absolute Gasteiger partial charge is 0.476 e. The summed E-state index contributed by atoms with van der Waals surface area (Å²) in [6.07, 6.45) is 3.37. The number of hydrogen-bond donors (Lipinski definition) is 2. The van der Waals surface area contributed by atoms with Gasteiger partial charge in [0.05, 0.1) is 22.6 Å². The molecule has 176 valence electrons. The molecule has 0 aliphatic rings. The monoisotopic (exact) mass is 468 g/mol. The SMILES string of the molecule is Cc1cc(C(C)Nc2cccnc2C(=O)O)c2oc(-c3cc(C)c4nn(C)cc4c3)cc(=O)c2c1. The molecule has 5 aromatic rings. The zero-order valence-electron chi connectivity index (χ0n) is 19.8. The Balaban J connectivity index is 1.66. The number of rotatable bonds is 5. The fourth-order valence-electron chi connectivity index (χ4n) is 4.47. The molecule has 0 amide bonds. The molecule has 2 aromatic carbocycles. The molecule has 5 rings (SSSR count). The third kappa shape index (κ3) is 4.03. The summed E-state index contributed by atoms with van der Waals surface area (Å²) in [5.74, 6) is -0.661. The minimum atomic E-state index is -1.12. The van der Waals surface area contributed by atoms with Crippen LogP contribution in [-0.2, 0) is 7.05 Å². The van der Waals surface area contributed by atoms with Crippen LogP contribution in [0.2, 0.25) is 0 Å². The van der Waals surface area contributed by atoms with Gasteiger partial charge in [-0.05, 0) is 62.2 Å². The van der Waals surface area contributed by atoms with Gasteiger partial charge in [-0.15, -0.1) is 0 Å². The number of aromatic nitrogens is 3. The highest BCUT2D eigenvalue weighted by atomic mass is 16.4. The van der Waals surface area contributed by atoms with E-state index in [2.05, 4.69) is 15.4 Å². The standard InChI is InChI=1S/C27H24N4O4/c1-14-8-19(16(3)29-21-6-5-7-28-25(21)27(33)34)26-20(9-14)22(32)12-23(35-26)17-10-15(2)24-18(11-17)13-31(4)30-24/h5-13,16,29H,1-4H3,(H,33,34). The first-order valence-corrected chi connectivity index (χ1v) is 11.2. The van der Waals surface area contributed by atoms with Crippen molar-refractivity contribution < 1.29 is 14.3 Å². The van der Waals surface area contributed by atoms with Crippen LogP contribution in [0.25, 0.3) is 33.2 Å². The van der Waals surface area contributed by atoms with Crippen molar-refractivity contribution in [3.05, 3.63) is 87.5 Å². The van der Waals surface area contributed by atoms with Crippen LogP contribution in [0.1, 0.15) is 40.1 Å². The minimum absolute atomic E-state index is 0.0706. The van der Waals surface area contributed by atoms with Gasteiger partial charge in [0, 0.05) is 42.0 Å². The maximum atomic E-state index is 13.2. The molecule has 3 heterocycles. The molecule has 3 aromatic heterocycles. The van der Waals surface area contributed by atoms with Crippen LogP contribution in [0.4, 0.5) is 5.69 Å². The van der Waals surface area contributed by atoms with Gasteiger partial charge in [0.1, 0.15) is 11.3 Å². The lowest BCUT2D eigenvalue weighted by atomic mass is 10.00. The number of aryl methyl sites for hydroxylation is 3. The fourth-order valence-corrected chi connectivity index (χ4v) is 4.47. The van der Waals surface area contributed by atoms with Gasteiger partial charge in [-0.3, -0.25) is 9.48 Å². The maximum absolute atomic E-state index is 13.2. The number of nitrogens with zero attached hydrogens (tertiary/aromatic N) is 3. The number of nitrogens with one attached hydrogen (secondary N) is 1. The number of benzene rings is 2. The molecule has 0 spiro atoms. The summed E-state index contributed by atoms with van der Waals surface area (Å²) in [6, 6.07) is 12.2. The van der Waals surface area contributed by atoms with Crippen LogP contribution in [-0.4, -0.2) is 25.8 Å². The van der Waals surface area contributed by atoms with E-state index in [0.29, 0.717) is 22.4 Å². The first-order valence-electron chi connectivity index (χ1n) is 11.2. The topological polar surface area (TPSA) is 110 Å². The molecule has 1 atom stereocenters. The number of aromatic carboxylic acids is 1. The van der Waals surface area contributed by atoms with E-state index >= 15 is 0 Å². The van der Waals surface area contributed by atoms with Crippen LogP contribution in [0.3, 0.4) is 0 Å². The number of carboxylic acid groups (broad SMARTS) is 1. The van der Waals surface area contributed by atoms with Gasteiger partial charge in [0.2, 0.25) is 0 Å². The summed E-state index contributed by atoms with van der Waals surface area (Å²) in [5.41, 5.74) is 4.96. The second-order valence-electron chi connectivity index (χ2n) is 8.81. The smallest absolute Gasteiger partial charge is 0.356 e. The fraction of sp³-hybridized carbons (Fsp3) is 0.185. The predicted molar refractivity (Wildman–Crippen MR) is 135 cm³/mol. The van der Waals surface area contributed by atoms with Gasteiger partial charge >= 0.3 is 5.97 Å². The van der Waals surface area contributed by atoms with E-state index in [1.54, 1.807) is 16.8 Å². The van der Waals surface area contributed by atoms with E-state index in [4.69, 9.17) is 4.42 Å². The summed E-state index contributed by atoms with van der Waals surface area (Å²) in [7, 11) is 1.87. The highest BCUT2D eigenvalue weighted by Crippen LogP contribution is 2.32. The Morgan fingerprint density at radius 3 is 2.74 bits per heavy atom. The van der Waals surface area contributed by atoms with Crippen molar-refractivity contribution in [3.63, 3.8) is 0 Å². The molecule has 8 nitrogen and oxygen atoms in total. The van der Waals surface area contributed by atoms with Crippen molar-refractivity contribution in [2.45, 2.75) is 26.8 Å². The summed E-state index contributed by atoms with van der Waals surface area (Å²) in [4.78, 5) is 28.7. The van der Waals surface area contributed by atoms with Gasteiger partial charge in [-0.1, -0.05) is 6.07 Å². The number of pyridine rings is 1. The van der Waals surface area contributed by atoms with E-state index in [-0.39, 0.29) is 17.2 Å².